The Morgan fingerprint density at radius 3 is 3.00 bits per heavy atom. The number of anilines is 1. The van der Waals surface area contributed by atoms with Crippen molar-refractivity contribution in [1.82, 2.24) is 4.98 Å². The van der Waals surface area contributed by atoms with Crippen LogP contribution in [-0.2, 0) is 0 Å². The number of hydrogen-bond acceptors (Lipinski definition) is 2. The van der Waals surface area contributed by atoms with Crippen molar-refractivity contribution in [2.24, 2.45) is 0 Å². The second-order valence-electron chi connectivity index (χ2n) is 3.57. The number of pyridine rings is 1. The van der Waals surface area contributed by atoms with Crippen molar-refractivity contribution >= 4 is 50.8 Å². The maximum Gasteiger partial charge on any atom is 0.0909 e. The summed E-state index contributed by atoms with van der Waals surface area (Å²) in [7, 11) is 0. The highest BCUT2D eigenvalue weighted by Gasteiger charge is 2.06. The van der Waals surface area contributed by atoms with Crippen LogP contribution < -0.4 is 5.32 Å². The van der Waals surface area contributed by atoms with Crippen LogP contribution in [0.5, 0.6) is 0 Å². The molecule has 0 radical (unpaired) electrons. The summed E-state index contributed by atoms with van der Waals surface area (Å²) in [4.78, 5) is 4.32. The molecule has 0 bridgehead atoms. The Morgan fingerprint density at radius 1 is 1.44 bits per heavy atom. The molecule has 1 aromatic carbocycles. The van der Waals surface area contributed by atoms with Crippen LogP contribution in [0.25, 0.3) is 10.9 Å². The third-order valence-corrected chi connectivity index (χ3v) is 3.24. The van der Waals surface area contributed by atoms with Crippen molar-refractivity contribution in [2.45, 2.75) is 13.3 Å². The molecular weight excluding hydrogens is 335 g/mol. The van der Waals surface area contributed by atoms with Crippen LogP contribution in [0.3, 0.4) is 0 Å². The van der Waals surface area contributed by atoms with Crippen LogP contribution >= 0.6 is 34.2 Å². The Bertz CT molecular complexity index is 514. The zero-order chi connectivity index (χ0) is 11.5. The number of aromatic nitrogens is 1. The SMILES string of the molecule is CCCNc1ccnc2c(Cl)cc(I)cc12. The fraction of sp³-hybridized carbons (Fsp3) is 0.250. The van der Waals surface area contributed by atoms with Gasteiger partial charge in [0, 0.05) is 27.4 Å². The summed E-state index contributed by atoms with van der Waals surface area (Å²) in [5.41, 5.74) is 1.97. The molecule has 0 amide bonds. The van der Waals surface area contributed by atoms with E-state index in [1.165, 1.54) is 0 Å². The molecule has 84 valence electrons. The molecule has 0 aliphatic heterocycles. The van der Waals surface area contributed by atoms with Gasteiger partial charge in [-0.3, -0.25) is 4.98 Å². The Labute approximate surface area is 114 Å². The Kier molecular flexibility index (Phi) is 3.86. The van der Waals surface area contributed by atoms with Crippen molar-refractivity contribution in [3.8, 4) is 0 Å². The summed E-state index contributed by atoms with van der Waals surface area (Å²) in [5.74, 6) is 0. The summed E-state index contributed by atoms with van der Waals surface area (Å²) < 4.78 is 1.13. The molecule has 0 fully saturated rings. The zero-order valence-corrected chi connectivity index (χ0v) is 11.8. The van der Waals surface area contributed by atoms with Crippen LogP contribution in [0.4, 0.5) is 5.69 Å². The number of nitrogens with zero attached hydrogens (tertiary/aromatic N) is 1. The van der Waals surface area contributed by atoms with Crippen molar-refractivity contribution in [3.05, 3.63) is 33.0 Å². The number of rotatable bonds is 3. The minimum Gasteiger partial charge on any atom is -0.384 e. The van der Waals surface area contributed by atoms with Gasteiger partial charge in [0.25, 0.3) is 0 Å². The molecule has 2 nitrogen and oxygen atoms in total. The first-order valence-corrected chi connectivity index (χ1v) is 6.65. The molecule has 16 heavy (non-hydrogen) atoms. The van der Waals surface area contributed by atoms with Crippen LogP contribution in [0, 0.1) is 3.57 Å². The lowest BCUT2D eigenvalue weighted by atomic mass is 10.2. The fourth-order valence-electron chi connectivity index (χ4n) is 1.59. The topological polar surface area (TPSA) is 24.9 Å². The van der Waals surface area contributed by atoms with Crippen LogP contribution in [0.2, 0.25) is 5.02 Å². The smallest absolute Gasteiger partial charge is 0.0909 e. The highest BCUT2D eigenvalue weighted by molar-refractivity contribution is 14.1. The van der Waals surface area contributed by atoms with E-state index in [-0.39, 0.29) is 0 Å². The molecule has 0 saturated heterocycles. The van der Waals surface area contributed by atoms with Gasteiger partial charge in [-0.05, 0) is 47.2 Å². The highest BCUT2D eigenvalue weighted by Crippen LogP contribution is 2.29. The second-order valence-corrected chi connectivity index (χ2v) is 5.22. The van der Waals surface area contributed by atoms with E-state index in [9.17, 15) is 0 Å². The van der Waals surface area contributed by atoms with E-state index in [1.807, 2.05) is 12.1 Å². The van der Waals surface area contributed by atoms with Gasteiger partial charge in [-0.2, -0.15) is 0 Å². The van der Waals surface area contributed by atoms with Crippen molar-refractivity contribution < 1.29 is 0 Å². The largest absolute Gasteiger partial charge is 0.384 e. The first-order chi connectivity index (χ1) is 7.72. The molecule has 2 rings (SSSR count). The van der Waals surface area contributed by atoms with Gasteiger partial charge >= 0.3 is 0 Å². The molecular formula is C12H12ClIN2. The zero-order valence-electron chi connectivity index (χ0n) is 8.93. The Morgan fingerprint density at radius 2 is 2.25 bits per heavy atom. The predicted octanol–water partition coefficient (Wildman–Crippen LogP) is 4.31. The van der Waals surface area contributed by atoms with Crippen LogP contribution in [0.15, 0.2) is 24.4 Å². The average molecular weight is 347 g/mol. The van der Waals surface area contributed by atoms with Crippen LogP contribution in [0.1, 0.15) is 13.3 Å². The number of halogens is 2. The Hall–Kier alpha value is -0.550. The minimum absolute atomic E-state index is 0.710. The van der Waals surface area contributed by atoms with E-state index >= 15 is 0 Å². The van der Waals surface area contributed by atoms with E-state index in [0.29, 0.717) is 5.02 Å². The van der Waals surface area contributed by atoms with Gasteiger partial charge in [-0.25, -0.2) is 0 Å². The normalized spacial score (nSPS) is 10.7. The molecule has 0 aliphatic carbocycles. The van der Waals surface area contributed by atoms with E-state index in [0.717, 1.165) is 33.1 Å². The third-order valence-electron chi connectivity index (χ3n) is 2.33. The molecule has 4 heteroatoms. The fourth-order valence-corrected chi connectivity index (χ4v) is 2.67. The van der Waals surface area contributed by atoms with Gasteiger partial charge in [-0.15, -0.1) is 0 Å². The molecule has 1 aromatic heterocycles. The van der Waals surface area contributed by atoms with Crippen molar-refractivity contribution in [1.29, 1.82) is 0 Å². The maximum atomic E-state index is 6.17. The summed E-state index contributed by atoms with van der Waals surface area (Å²) in [5, 5.41) is 5.19. The van der Waals surface area contributed by atoms with E-state index in [4.69, 9.17) is 11.6 Å². The van der Waals surface area contributed by atoms with Crippen LogP contribution in [-0.4, -0.2) is 11.5 Å². The molecule has 0 spiro atoms. The van der Waals surface area contributed by atoms with Gasteiger partial charge in [0.05, 0.1) is 10.5 Å². The number of fused-ring (bicyclic) bond motifs is 1. The molecule has 0 atom stereocenters. The van der Waals surface area contributed by atoms with E-state index < -0.39 is 0 Å². The Balaban J connectivity index is 2.57. The maximum absolute atomic E-state index is 6.17. The first kappa shape index (κ1) is 11.9. The lowest BCUT2D eigenvalue weighted by molar-refractivity contribution is 0.981. The molecule has 1 N–H and O–H groups in total. The molecule has 0 unspecified atom stereocenters. The molecule has 1 heterocycles. The van der Waals surface area contributed by atoms with Crippen molar-refractivity contribution in [2.75, 3.05) is 11.9 Å². The molecule has 2 aromatic rings. The number of benzene rings is 1. The third kappa shape index (κ3) is 2.40. The first-order valence-electron chi connectivity index (χ1n) is 5.20. The van der Waals surface area contributed by atoms with Gasteiger partial charge in [0.1, 0.15) is 0 Å². The standard InChI is InChI=1S/C12H12ClIN2/c1-2-4-15-11-3-5-16-12-9(11)6-8(14)7-10(12)13/h3,5-7H,2,4H2,1H3,(H,15,16). The lowest BCUT2D eigenvalue weighted by Gasteiger charge is -2.09. The average Bonchev–Trinajstić information content (AvgIpc) is 2.26. The van der Waals surface area contributed by atoms with Gasteiger partial charge in [0.15, 0.2) is 0 Å². The van der Waals surface area contributed by atoms with Gasteiger partial charge in [-0.1, -0.05) is 18.5 Å². The van der Waals surface area contributed by atoms with E-state index in [2.05, 4.69) is 45.9 Å². The van der Waals surface area contributed by atoms with Gasteiger partial charge in [0.2, 0.25) is 0 Å². The summed E-state index contributed by atoms with van der Waals surface area (Å²) in [6.07, 6.45) is 2.89. The summed E-state index contributed by atoms with van der Waals surface area (Å²) >= 11 is 8.44. The minimum atomic E-state index is 0.710. The van der Waals surface area contributed by atoms with Gasteiger partial charge < -0.3 is 5.32 Å². The number of hydrogen-bond donors (Lipinski definition) is 1. The second kappa shape index (κ2) is 5.19. The monoisotopic (exact) mass is 346 g/mol. The molecule has 0 aliphatic rings. The van der Waals surface area contributed by atoms with Crippen molar-refractivity contribution in [3.63, 3.8) is 0 Å². The highest BCUT2D eigenvalue weighted by atomic mass is 127. The summed E-state index contributed by atoms with van der Waals surface area (Å²) in [6.45, 7) is 3.11. The number of nitrogens with one attached hydrogen (secondary N) is 1. The molecule has 0 saturated carbocycles. The predicted molar refractivity (Wildman–Crippen MR) is 78.3 cm³/mol. The summed E-state index contributed by atoms with van der Waals surface area (Å²) in [6, 6.07) is 6.03. The lowest BCUT2D eigenvalue weighted by Crippen LogP contribution is -2.00. The van der Waals surface area contributed by atoms with E-state index in [1.54, 1.807) is 6.20 Å². The quantitative estimate of drug-likeness (QED) is 0.838.